The van der Waals surface area contributed by atoms with Gasteiger partial charge in [0.05, 0.1) is 20.8 Å². The molecular formula is C23H21N5O2S. The first-order valence-electron chi connectivity index (χ1n) is 9.89. The summed E-state index contributed by atoms with van der Waals surface area (Å²) in [7, 11) is 0. The maximum Gasteiger partial charge on any atom is 0.270 e. The second-order valence-corrected chi connectivity index (χ2v) is 8.13. The molecule has 156 valence electrons. The summed E-state index contributed by atoms with van der Waals surface area (Å²) >= 11 is 1.28. The molecule has 31 heavy (non-hydrogen) atoms. The molecule has 0 N–H and O–H groups in total. The predicted molar refractivity (Wildman–Crippen MR) is 125 cm³/mol. The van der Waals surface area contributed by atoms with Crippen molar-refractivity contribution in [1.29, 1.82) is 0 Å². The number of nitro groups is 1. The minimum absolute atomic E-state index is 0.0429. The van der Waals surface area contributed by atoms with Crippen LogP contribution in [0.5, 0.6) is 0 Å². The van der Waals surface area contributed by atoms with E-state index in [2.05, 4.69) is 58.2 Å². The number of rotatable bonds is 7. The maximum atomic E-state index is 10.9. The number of nitro benzene ring substituents is 1. The summed E-state index contributed by atoms with van der Waals surface area (Å²) < 4.78 is 0.716. The summed E-state index contributed by atoms with van der Waals surface area (Å²) in [6.45, 7) is 5.97. The molecule has 0 fully saturated rings. The number of fused-ring (bicyclic) bond motifs is 1. The van der Waals surface area contributed by atoms with Crippen LogP contribution in [0.15, 0.2) is 77.0 Å². The Labute approximate surface area is 183 Å². The zero-order valence-corrected chi connectivity index (χ0v) is 18.0. The van der Waals surface area contributed by atoms with Crippen molar-refractivity contribution in [2.45, 2.75) is 20.4 Å². The summed E-state index contributed by atoms with van der Waals surface area (Å²) in [4.78, 5) is 17.2. The van der Waals surface area contributed by atoms with Crippen molar-refractivity contribution in [3.05, 3.63) is 88.0 Å². The molecule has 0 spiro atoms. The highest BCUT2D eigenvalue weighted by atomic mass is 32.1. The van der Waals surface area contributed by atoms with Crippen molar-refractivity contribution >= 4 is 43.7 Å². The van der Waals surface area contributed by atoms with E-state index < -0.39 is 4.92 Å². The molecule has 0 aliphatic heterocycles. The SMILES string of the molecule is CCN(Cc1ccc(C)cc1)c1ccc(N=Nc2nc3ccc([N+](=O)[O-])cc3s2)cc1. The molecule has 8 heteroatoms. The Kier molecular flexibility index (Phi) is 5.99. The van der Waals surface area contributed by atoms with Gasteiger partial charge in [-0.2, -0.15) is 0 Å². The molecule has 0 bridgehead atoms. The molecule has 4 aromatic rings. The van der Waals surface area contributed by atoms with Crippen molar-refractivity contribution in [2.24, 2.45) is 10.2 Å². The number of azo groups is 1. The standard InChI is InChI=1S/C23H21N5O2S/c1-3-27(15-17-6-4-16(2)5-7-17)19-10-8-18(9-11-19)25-26-23-24-21-13-12-20(28(29)30)14-22(21)31-23/h4-14H,3,15H2,1-2H3. The van der Waals surface area contributed by atoms with Crippen LogP contribution in [0.1, 0.15) is 18.1 Å². The highest BCUT2D eigenvalue weighted by molar-refractivity contribution is 7.21. The maximum absolute atomic E-state index is 10.9. The summed E-state index contributed by atoms with van der Waals surface area (Å²) in [6, 6.07) is 21.1. The van der Waals surface area contributed by atoms with Crippen molar-refractivity contribution in [3.8, 4) is 0 Å². The molecule has 0 aliphatic rings. The molecule has 0 unspecified atom stereocenters. The van der Waals surface area contributed by atoms with E-state index in [0.717, 1.165) is 24.5 Å². The third kappa shape index (κ3) is 4.92. The normalized spacial score (nSPS) is 11.3. The second kappa shape index (κ2) is 9.01. The van der Waals surface area contributed by atoms with E-state index >= 15 is 0 Å². The summed E-state index contributed by atoms with van der Waals surface area (Å²) in [6.07, 6.45) is 0. The largest absolute Gasteiger partial charge is 0.367 e. The van der Waals surface area contributed by atoms with Gasteiger partial charge in [0.25, 0.3) is 5.69 Å². The molecule has 0 saturated heterocycles. The van der Waals surface area contributed by atoms with Crippen molar-refractivity contribution in [1.82, 2.24) is 4.98 Å². The number of thiazole rings is 1. The first-order valence-corrected chi connectivity index (χ1v) is 10.7. The van der Waals surface area contributed by atoms with Crippen LogP contribution >= 0.6 is 11.3 Å². The molecule has 0 saturated carbocycles. The Morgan fingerprint density at radius 2 is 1.77 bits per heavy atom. The van der Waals surface area contributed by atoms with Crippen LogP contribution in [0.25, 0.3) is 10.2 Å². The summed E-state index contributed by atoms with van der Waals surface area (Å²) in [5, 5.41) is 19.9. The first kappa shape index (κ1) is 20.6. The Balaban J connectivity index is 1.47. The van der Waals surface area contributed by atoms with Crippen LogP contribution in [0.2, 0.25) is 0 Å². The van der Waals surface area contributed by atoms with Crippen LogP contribution in [0.4, 0.5) is 22.2 Å². The monoisotopic (exact) mass is 431 g/mol. The van der Waals surface area contributed by atoms with Crippen LogP contribution in [0, 0.1) is 17.0 Å². The van der Waals surface area contributed by atoms with Gasteiger partial charge in [0.1, 0.15) is 0 Å². The number of anilines is 1. The minimum Gasteiger partial charge on any atom is -0.367 e. The van der Waals surface area contributed by atoms with Crippen LogP contribution in [0.3, 0.4) is 0 Å². The van der Waals surface area contributed by atoms with E-state index in [0.29, 0.717) is 15.3 Å². The lowest BCUT2D eigenvalue weighted by Gasteiger charge is -2.23. The second-order valence-electron chi connectivity index (χ2n) is 7.12. The van der Waals surface area contributed by atoms with Crippen LogP contribution < -0.4 is 4.90 Å². The number of non-ortho nitro benzene ring substituents is 1. The minimum atomic E-state index is -0.416. The van der Waals surface area contributed by atoms with E-state index in [4.69, 9.17) is 0 Å². The van der Waals surface area contributed by atoms with Gasteiger partial charge in [-0.25, -0.2) is 4.98 Å². The van der Waals surface area contributed by atoms with Gasteiger partial charge in [-0.05, 0) is 49.7 Å². The van der Waals surface area contributed by atoms with Gasteiger partial charge in [0.2, 0.25) is 5.13 Å². The molecule has 3 aromatic carbocycles. The van der Waals surface area contributed by atoms with Gasteiger partial charge >= 0.3 is 0 Å². The lowest BCUT2D eigenvalue weighted by molar-refractivity contribution is -0.384. The number of aryl methyl sites for hydroxylation is 1. The first-order chi connectivity index (χ1) is 15.0. The summed E-state index contributed by atoms with van der Waals surface area (Å²) in [5.41, 5.74) is 5.09. The third-order valence-electron chi connectivity index (χ3n) is 4.91. The molecule has 1 aromatic heterocycles. The number of hydrogen-bond acceptors (Lipinski definition) is 7. The van der Waals surface area contributed by atoms with Gasteiger partial charge in [-0.3, -0.25) is 10.1 Å². The molecular weight excluding hydrogens is 410 g/mol. The van der Waals surface area contributed by atoms with Gasteiger partial charge in [0.15, 0.2) is 0 Å². The number of nitrogens with zero attached hydrogens (tertiary/aromatic N) is 5. The van der Waals surface area contributed by atoms with Gasteiger partial charge in [0, 0.05) is 30.9 Å². The predicted octanol–water partition coefficient (Wildman–Crippen LogP) is 6.95. The zero-order valence-electron chi connectivity index (χ0n) is 17.2. The lowest BCUT2D eigenvalue weighted by atomic mass is 10.1. The topological polar surface area (TPSA) is 84.0 Å². The van der Waals surface area contributed by atoms with Gasteiger partial charge in [-0.15, -0.1) is 10.2 Å². The van der Waals surface area contributed by atoms with Crippen molar-refractivity contribution in [3.63, 3.8) is 0 Å². The Morgan fingerprint density at radius 3 is 2.45 bits per heavy atom. The highest BCUT2D eigenvalue weighted by Crippen LogP contribution is 2.32. The average molecular weight is 432 g/mol. The molecule has 4 rings (SSSR count). The Bertz CT molecular complexity index is 1230. The van der Waals surface area contributed by atoms with Crippen molar-refractivity contribution in [2.75, 3.05) is 11.4 Å². The van der Waals surface area contributed by atoms with Crippen LogP contribution in [-0.2, 0) is 6.54 Å². The number of hydrogen-bond donors (Lipinski definition) is 0. The fraction of sp³-hybridized carbons (Fsp3) is 0.174. The molecule has 0 atom stereocenters. The Morgan fingerprint density at radius 1 is 1.03 bits per heavy atom. The molecule has 0 aliphatic carbocycles. The van der Waals surface area contributed by atoms with E-state index in [1.807, 2.05) is 24.3 Å². The zero-order chi connectivity index (χ0) is 21.8. The molecule has 7 nitrogen and oxygen atoms in total. The number of benzene rings is 3. The fourth-order valence-electron chi connectivity index (χ4n) is 3.19. The van der Waals surface area contributed by atoms with Gasteiger partial charge < -0.3 is 4.90 Å². The van der Waals surface area contributed by atoms with E-state index in [9.17, 15) is 10.1 Å². The van der Waals surface area contributed by atoms with Crippen molar-refractivity contribution < 1.29 is 4.92 Å². The average Bonchev–Trinajstić information content (AvgIpc) is 3.20. The Hall–Kier alpha value is -3.65. The van der Waals surface area contributed by atoms with E-state index in [1.165, 1.54) is 34.6 Å². The van der Waals surface area contributed by atoms with Gasteiger partial charge in [-0.1, -0.05) is 41.2 Å². The smallest absolute Gasteiger partial charge is 0.270 e. The van der Waals surface area contributed by atoms with E-state index in [-0.39, 0.29) is 5.69 Å². The number of aromatic nitrogens is 1. The molecule has 0 amide bonds. The molecule has 0 radical (unpaired) electrons. The summed E-state index contributed by atoms with van der Waals surface area (Å²) in [5.74, 6) is 0. The van der Waals surface area contributed by atoms with E-state index in [1.54, 1.807) is 6.07 Å². The molecule has 1 heterocycles. The quantitative estimate of drug-likeness (QED) is 0.180. The third-order valence-corrected chi connectivity index (χ3v) is 5.82. The highest BCUT2D eigenvalue weighted by Gasteiger charge is 2.10. The lowest BCUT2D eigenvalue weighted by Crippen LogP contribution is -2.21. The van der Waals surface area contributed by atoms with Crippen LogP contribution in [-0.4, -0.2) is 16.5 Å². The fourth-order valence-corrected chi connectivity index (χ4v) is 4.01.